The number of halogens is 2. The Morgan fingerprint density at radius 1 is 0.906 bits per heavy atom. The molecule has 0 aliphatic heterocycles. The van der Waals surface area contributed by atoms with E-state index in [4.69, 9.17) is 32.7 Å². The van der Waals surface area contributed by atoms with Gasteiger partial charge in [0.05, 0.1) is 34.3 Å². The number of benzene rings is 3. The Morgan fingerprint density at radius 2 is 1.44 bits per heavy atom. The lowest BCUT2D eigenvalue weighted by Gasteiger charge is -2.19. The summed E-state index contributed by atoms with van der Waals surface area (Å²) in [5, 5.41) is 13.6. The van der Waals surface area contributed by atoms with E-state index in [1.54, 1.807) is 36.4 Å². The summed E-state index contributed by atoms with van der Waals surface area (Å²) in [5.74, 6) is 0.469. The van der Waals surface area contributed by atoms with Crippen LogP contribution in [0.25, 0.3) is 22.3 Å². The maximum absolute atomic E-state index is 13.4. The zero-order chi connectivity index (χ0) is 23.0. The molecule has 162 valence electrons. The van der Waals surface area contributed by atoms with Gasteiger partial charge in [-0.15, -0.1) is 0 Å². The van der Waals surface area contributed by atoms with Gasteiger partial charge in [0.2, 0.25) is 5.78 Å². The van der Waals surface area contributed by atoms with Crippen molar-refractivity contribution >= 4 is 40.0 Å². The lowest BCUT2D eigenvalue weighted by Crippen LogP contribution is -2.27. The van der Waals surface area contributed by atoms with Gasteiger partial charge in [0.25, 0.3) is 11.2 Å². The number of ether oxygens (including phenoxy) is 2. The van der Waals surface area contributed by atoms with Crippen LogP contribution >= 0.6 is 23.2 Å². The molecule has 0 fully saturated rings. The molecule has 0 atom stereocenters. The van der Waals surface area contributed by atoms with Crippen molar-refractivity contribution in [1.82, 2.24) is 4.73 Å². The molecule has 0 aliphatic carbocycles. The summed E-state index contributed by atoms with van der Waals surface area (Å²) in [6, 6.07) is 15.2. The minimum Gasteiger partial charge on any atom is -0.805 e. The van der Waals surface area contributed by atoms with Crippen LogP contribution in [0.5, 0.6) is 11.5 Å². The van der Waals surface area contributed by atoms with E-state index in [0.29, 0.717) is 26.2 Å². The van der Waals surface area contributed by atoms with Crippen LogP contribution in [0, 0.1) is 10.1 Å². The maximum Gasteiger partial charge on any atom is 0.298 e. The number of carbonyl (C=O) groups is 1. The minimum absolute atomic E-state index is 0.0218. The van der Waals surface area contributed by atoms with Gasteiger partial charge >= 0.3 is 0 Å². The van der Waals surface area contributed by atoms with Gasteiger partial charge in [0.15, 0.2) is 5.69 Å². The van der Waals surface area contributed by atoms with Gasteiger partial charge in [0, 0.05) is 16.5 Å². The van der Waals surface area contributed by atoms with E-state index in [2.05, 4.69) is 0 Å². The number of hydrogen-bond donors (Lipinski definition) is 0. The van der Waals surface area contributed by atoms with Crippen molar-refractivity contribution in [3.63, 3.8) is 0 Å². The monoisotopic (exact) mass is 470 g/mol. The molecule has 9 heteroatoms. The third-order valence-electron chi connectivity index (χ3n) is 5.02. The highest BCUT2D eigenvalue weighted by atomic mass is 35.5. The number of fused-ring (bicyclic) bond motifs is 1. The first-order valence-electron chi connectivity index (χ1n) is 9.36. The Morgan fingerprint density at radius 3 is 2.00 bits per heavy atom. The van der Waals surface area contributed by atoms with E-state index in [9.17, 15) is 14.9 Å². The number of carbonyl (C=O) groups excluding carboxylic acids is 1. The standard InChI is InChI=1S/C23H16Cl2N2O5/c1-31-15-7-3-13(4-8-15)21-22(23(28)14-5-9-16(32-2)10-6-14)27(30)20-12-18(25)17(24)11-19(20)26(21)29/h3-12H,1-2H3. The van der Waals surface area contributed by atoms with Gasteiger partial charge in [-0.2, -0.15) is 0 Å². The SMILES string of the molecule is COc1ccc(C(=O)c2c(-c3ccc(OC)cc3)[n+](=O)c3cc(Cl)c(Cl)cc3n2[O-])cc1. The molecule has 1 heterocycles. The average molecular weight is 471 g/mol. The van der Waals surface area contributed by atoms with E-state index in [1.165, 1.54) is 38.5 Å². The fourth-order valence-corrected chi connectivity index (χ4v) is 3.68. The first-order valence-corrected chi connectivity index (χ1v) is 10.1. The van der Waals surface area contributed by atoms with Crippen LogP contribution in [-0.4, -0.2) is 24.7 Å². The fraction of sp³-hybridized carbons (Fsp3) is 0.0870. The van der Waals surface area contributed by atoms with E-state index < -0.39 is 5.78 Å². The Labute approximate surface area is 192 Å². The summed E-state index contributed by atoms with van der Waals surface area (Å²) in [4.78, 5) is 26.8. The molecule has 0 saturated carbocycles. The smallest absolute Gasteiger partial charge is 0.298 e. The van der Waals surface area contributed by atoms with Crippen molar-refractivity contribution in [3.05, 3.63) is 92.1 Å². The second-order valence-electron chi connectivity index (χ2n) is 6.83. The molecule has 0 spiro atoms. The van der Waals surface area contributed by atoms with Crippen molar-refractivity contribution in [2.24, 2.45) is 0 Å². The predicted molar refractivity (Wildman–Crippen MR) is 123 cm³/mol. The van der Waals surface area contributed by atoms with Crippen molar-refractivity contribution in [2.45, 2.75) is 0 Å². The number of nitrogens with zero attached hydrogens (tertiary/aromatic N) is 2. The molecule has 4 rings (SSSR count). The molecule has 32 heavy (non-hydrogen) atoms. The van der Waals surface area contributed by atoms with Crippen LogP contribution in [0.15, 0.2) is 60.7 Å². The molecule has 0 bridgehead atoms. The van der Waals surface area contributed by atoms with E-state index >= 15 is 0 Å². The molecule has 0 N–H and O–H groups in total. The maximum atomic E-state index is 13.4. The van der Waals surface area contributed by atoms with Crippen LogP contribution in [0.3, 0.4) is 0 Å². The quantitative estimate of drug-likeness (QED) is 0.298. The number of hydrogen-bond acceptors (Lipinski definition) is 5. The predicted octanol–water partition coefficient (Wildman–Crippen LogP) is 5.12. The highest BCUT2D eigenvalue weighted by Crippen LogP contribution is 2.31. The third kappa shape index (κ3) is 3.66. The highest BCUT2D eigenvalue weighted by molar-refractivity contribution is 6.42. The first kappa shape index (κ1) is 21.7. The van der Waals surface area contributed by atoms with Gasteiger partial charge in [0.1, 0.15) is 17.0 Å². The molecule has 4 aromatic rings. The molecule has 1 aromatic heterocycles. The summed E-state index contributed by atoms with van der Waals surface area (Å²) >= 11 is 12.2. The summed E-state index contributed by atoms with van der Waals surface area (Å²) in [7, 11) is 3.01. The van der Waals surface area contributed by atoms with Crippen molar-refractivity contribution in [3.8, 4) is 22.8 Å². The van der Waals surface area contributed by atoms with Gasteiger partial charge in [-0.1, -0.05) is 23.2 Å². The van der Waals surface area contributed by atoms with E-state index in [1.807, 2.05) is 0 Å². The normalized spacial score (nSPS) is 10.9. The van der Waals surface area contributed by atoms with Gasteiger partial charge in [-0.3, -0.25) is 4.79 Å². The van der Waals surface area contributed by atoms with Gasteiger partial charge in [-0.25, -0.2) is 0 Å². The lowest BCUT2D eigenvalue weighted by atomic mass is 10.0. The van der Waals surface area contributed by atoms with Gasteiger partial charge < -0.3 is 19.4 Å². The van der Waals surface area contributed by atoms with Crippen LogP contribution in [-0.2, 0) is 0 Å². The molecule has 7 nitrogen and oxygen atoms in total. The number of ketones is 1. The average Bonchev–Trinajstić information content (AvgIpc) is 2.82. The molecular formula is C23H16Cl2N2O5. The molecule has 0 unspecified atom stereocenters. The Bertz CT molecular complexity index is 1400. The van der Waals surface area contributed by atoms with Crippen molar-refractivity contribution in [1.29, 1.82) is 0 Å². The summed E-state index contributed by atoms with van der Waals surface area (Å²) in [6.07, 6.45) is 0. The topological polar surface area (TPSA) is 86.5 Å². The van der Waals surface area contributed by atoms with E-state index in [-0.39, 0.29) is 38.0 Å². The first-order chi connectivity index (χ1) is 15.3. The zero-order valence-electron chi connectivity index (χ0n) is 17.0. The van der Waals surface area contributed by atoms with Crippen LogP contribution in [0.1, 0.15) is 16.1 Å². The lowest BCUT2D eigenvalue weighted by molar-refractivity contribution is -0.451. The largest absolute Gasteiger partial charge is 0.805 e. The number of methoxy groups -OCH3 is 2. The summed E-state index contributed by atoms with van der Waals surface area (Å²) < 4.78 is 11.2. The summed E-state index contributed by atoms with van der Waals surface area (Å²) in [6.45, 7) is 0. The molecule has 0 aliphatic rings. The Balaban J connectivity index is 2.06. The van der Waals surface area contributed by atoms with Crippen molar-refractivity contribution < 1.29 is 18.7 Å². The van der Waals surface area contributed by atoms with Crippen LogP contribution in [0.2, 0.25) is 10.0 Å². The molecule has 0 saturated heterocycles. The number of rotatable bonds is 5. The van der Waals surface area contributed by atoms with Crippen LogP contribution in [0.4, 0.5) is 0 Å². The molecular weight excluding hydrogens is 455 g/mol. The van der Waals surface area contributed by atoms with Crippen molar-refractivity contribution in [2.75, 3.05) is 14.2 Å². The minimum atomic E-state index is -0.633. The third-order valence-corrected chi connectivity index (χ3v) is 5.74. The fourth-order valence-electron chi connectivity index (χ4n) is 3.37. The second-order valence-corrected chi connectivity index (χ2v) is 7.64. The Hall–Kier alpha value is -3.55. The molecule has 0 amide bonds. The molecule has 3 aromatic carbocycles. The number of aromatic nitrogens is 2. The Kier molecular flexibility index (Phi) is 5.78. The molecule has 0 radical (unpaired) electrons. The summed E-state index contributed by atoms with van der Waals surface area (Å²) in [5.41, 5.74) is 0.00501. The zero-order valence-corrected chi connectivity index (χ0v) is 18.5. The van der Waals surface area contributed by atoms with E-state index in [0.717, 1.165) is 0 Å². The second kappa shape index (κ2) is 8.53. The van der Waals surface area contributed by atoms with Crippen LogP contribution < -0.4 is 13.9 Å². The van der Waals surface area contributed by atoms with Gasteiger partial charge in [-0.05, 0) is 54.6 Å². The highest BCUT2D eigenvalue weighted by Gasteiger charge is 2.30.